The van der Waals surface area contributed by atoms with E-state index < -0.39 is 11.8 Å². The molecule has 2 atom stereocenters. The number of ketones is 1. The fourth-order valence-corrected chi connectivity index (χ4v) is 5.97. The molecule has 6 aromatic rings. The molecule has 2 unspecified atom stereocenters. The molecule has 6 aromatic carbocycles. The fourth-order valence-electron chi connectivity index (χ4n) is 5.97. The highest BCUT2D eigenvalue weighted by Crippen LogP contribution is 2.46. The summed E-state index contributed by atoms with van der Waals surface area (Å²) in [6.45, 7) is 0. The van der Waals surface area contributed by atoms with Crippen molar-refractivity contribution in [3.63, 3.8) is 0 Å². The van der Waals surface area contributed by atoms with Crippen LogP contribution in [0.5, 0.6) is 23.0 Å². The normalized spacial score (nSPS) is 12.4. The van der Waals surface area contributed by atoms with Gasteiger partial charge in [-0.2, -0.15) is 0 Å². The molecule has 0 heterocycles. The lowest BCUT2D eigenvalue weighted by atomic mass is 9.73. The average molecular weight is 579 g/mol. The van der Waals surface area contributed by atoms with Gasteiger partial charge in [-0.3, -0.25) is 4.79 Å². The number of aromatic hydroxyl groups is 4. The Labute approximate surface area is 255 Å². The van der Waals surface area contributed by atoms with Crippen molar-refractivity contribution >= 4 is 5.78 Å². The third-order valence-corrected chi connectivity index (χ3v) is 8.00. The number of carbonyl (C=O) groups is 1. The van der Waals surface area contributed by atoms with Crippen molar-refractivity contribution in [3.05, 3.63) is 168 Å². The van der Waals surface area contributed by atoms with E-state index in [0.717, 1.165) is 0 Å². The van der Waals surface area contributed by atoms with E-state index in [4.69, 9.17) is 0 Å². The molecular formula is C39H30O5. The van der Waals surface area contributed by atoms with Crippen LogP contribution in [-0.2, 0) is 4.79 Å². The molecule has 216 valence electrons. The standard InChI is InChI=1S/C39H30O5/c40-33-21-9-5-15-27(33)25-13-1-3-17-29(25)37(31-19-7-11-23-35(31)42)39(44)38(32-20-8-12-24-36(32)43)30-18-4-2-14-26(30)28-16-6-10-22-34(28)41/h1-24,37-38,40-43H. The largest absolute Gasteiger partial charge is 0.508 e. The Morgan fingerprint density at radius 3 is 0.955 bits per heavy atom. The molecule has 0 radical (unpaired) electrons. The molecule has 0 saturated carbocycles. The lowest BCUT2D eigenvalue weighted by Crippen LogP contribution is -2.24. The molecule has 0 saturated heterocycles. The van der Waals surface area contributed by atoms with E-state index in [9.17, 15) is 20.4 Å². The van der Waals surface area contributed by atoms with E-state index in [-0.39, 0.29) is 28.8 Å². The summed E-state index contributed by atoms with van der Waals surface area (Å²) in [5.41, 5.74) is 4.31. The lowest BCUT2D eigenvalue weighted by Gasteiger charge is -2.28. The van der Waals surface area contributed by atoms with Gasteiger partial charge in [0.1, 0.15) is 23.0 Å². The number of phenols is 4. The molecule has 0 amide bonds. The van der Waals surface area contributed by atoms with Crippen molar-refractivity contribution in [2.75, 3.05) is 0 Å². The first-order valence-electron chi connectivity index (χ1n) is 14.3. The van der Waals surface area contributed by atoms with Crippen molar-refractivity contribution in [2.45, 2.75) is 11.8 Å². The fraction of sp³-hybridized carbons (Fsp3) is 0.0513. The van der Waals surface area contributed by atoms with E-state index in [2.05, 4.69) is 0 Å². The molecular weight excluding hydrogens is 548 g/mol. The van der Waals surface area contributed by atoms with Gasteiger partial charge < -0.3 is 20.4 Å². The second kappa shape index (κ2) is 12.2. The summed E-state index contributed by atoms with van der Waals surface area (Å²) in [5.74, 6) is -2.30. The monoisotopic (exact) mass is 578 g/mol. The van der Waals surface area contributed by atoms with E-state index in [1.54, 1.807) is 84.9 Å². The predicted octanol–water partition coefficient (Wildman–Crippen LogP) is 8.38. The maximum atomic E-state index is 15.3. The summed E-state index contributed by atoms with van der Waals surface area (Å²) in [6.07, 6.45) is 0. The second-order valence-corrected chi connectivity index (χ2v) is 10.6. The van der Waals surface area contributed by atoms with Crippen molar-refractivity contribution in [2.24, 2.45) is 0 Å². The summed E-state index contributed by atoms with van der Waals surface area (Å²) in [4.78, 5) is 15.3. The van der Waals surface area contributed by atoms with Gasteiger partial charge in [0, 0.05) is 22.3 Å². The van der Waals surface area contributed by atoms with Gasteiger partial charge in [-0.15, -0.1) is 0 Å². The third-order valence-electron chi connectivity index (χ3n) is 8.00. The molecule has 6 rings (SSSR count). The summed E-state index contributed by atoms with van der Waals surface area (Å²) >= 11 is 0. The van der Waals surface area contributed by atoms with Gasteiger partial charge in [-0.25, -0.2) is 0 Å². The van der Waals surface area contributed by atoms with Gasteiger partial charge in [-0.05, 0) is 46.5 Å². The zero-order valence-electron chi connectivity index (χ0n) is 23.7. The van der Waals surface area contributed by atoms with Gasteiger partial charge in [-0.1, -0.05) is 121 Å². The maximum Gasteiger partial charge on any atom is 0.156 e. The highest BCUT2D eigenvalue weighted by Gasteiger charge is 2.37. The average Bonchev–Trinajstić information content (AvgIpc) is 3.04. The minimum absolute atomic E-state index is 0.0528. The van der Waals surface area contributed by atoms with E-state index in [0.29, 0.717) is 44.5 Å². The Morgan fingerprint density at radius 2 is 0.614 bits per heavy atom. The molecule has 0 aromatic heterocycles. The van der Waals surface area contributed by atoms with Gasteiger partial charge in [0.15, 0.2) is 5.78 Å². The Bertz CT molecular complexity index is 1820. The summed E-state index contributed by atoms with van der Waals surface area (Å²) in [7, 11) is 0. The number of hydrogen-bond donors (Lipinski definition) is 4. The first kappa shape index (κ1) is 28.3. The van der Waals surface area contributed by atoms with Crippen LogP contribution < -0.4 is 0 Å². The molecule has 0 fully saturated rings. The molecule has 0 aliphatic heterocycles. The summed E-state index contributed by atoms with van der Waals surface area (Å²) in [6, 6.07) is 42.0. The van der Waals surface area contributed by atoms with Crippen molar-refractivity contribution in [1.82, 2.24) is 0 Å². The van der Waals surface area contributed by atoms with Crippen molar-refractivity contribution in [3.8, 4) is 45.3 Å². The van der Waals surface area contributed by atoms with Crippen LogP contribution in [-0.4, -0.2) is 26.2 Å². The smallest absolute Gasteiger partial charge is 0.156 e. The van der Waals surface area contributed by atoms with E-state index in [1.165, 1.54) is 0 Å². The van der Waals surface area contributed by atoms with Crippen LogP contribution in [0.4, 0.5) is 0 Å². The van der Waals surface area contributed by atoms with Gasteiger partial charge in [0.25, 0.3) is 0 Å². The number of hydrogen-bond acceptors (Lipinski definition) is 5. The molecule has 44 heavy (non-hydrogen) atoms. The van der Waals surface area contributed by atoms with Crippen LogP contribution in [0.15, 0.2) is 146 Å². The molecule has 0 spiro atoms. The first-order valence-corrected chi connectivity index (χ1v) is 14.3. The molecule has 5 heteroatoms. The van der Waals surface area contributed by atoms with E-state index in [1.807, 2.05) is 60.7 Å². The zero-order chi connectivity index (χ0) is 30.6. The Hall–Kier alpha value is -5.81. The minimum atomic E-state index is -1.01. The highest BCUT2D eigenvalue weighted by atomic mass is 16.3. The second-order valence-electron chi connectivity index (χ2n) is 10.6. The van der Waals surface area contributed by atoms with Gasteiger partial charge in [0.05, 0.1) is 11.8 Å². The quantitative estimate of drug-likeness (QED) is 0.145. The molecule has 4 N–H and O–H groups in total. The molecule has 0 aliphatic rings. The Morgan fingerprint density at radius 1 is 0.341 bits per heavy atom. The zero-order valence-corrected chi connectivity index (χ0v) is 23.7. The number of rotatable bonds is 8. The van der Waals surface area contributed by atoms with Gasteiger partial charge in [0.2, 0.25) is 0 Å². The van der Waals surface area contributed by atoms with Crippen LogP contribution in [0.25, 0.3) is 22.3 Å². The van der Waals surface area contributed by atoms with Crippen molar-refractivity contribution in [1.29, 1.82) is 0 Å². The van der Waals surface area contributed by atoms with Crippen LogP contribution in [0.1, 0.15) is 34.1 Å². The van der Waals surface area contributed by atoms with Crippen molar-refractivity contribution < 1.29 is 25.2 Å². The third kappa shape index (κ3) is 5.27. The number of Topliss-reactive ketones (excluding diaryl/α,β-unsaturated/α-hetero) is 1. The Balaban J connectivity index is 1.64. The van der Waals surface area contributed by atoms with Crippen LogP contribution in [0.3, 0.4) is 0 Å². The first-order chi connectivity index (χ1) is 21.5. The van der Waals surface area contributed by atoms with Gasteiger partial charge >= 0.3 is 0 Å². The number of para-hydroxylation sites is 4. The van der Waals surface area contributed by atoms with E-state index >= 15 is 4.79 Å². The van der Waals surface area contributed by atoms with Crippen LogP contribution in [0, 0.1) is 0 Å². The minimum Gasteiger partial charge on any atom is -0.508 e. The predicted molar refractivity (Wildman–Crippen MR) is 172 cm³/mol. The molecule has 5 nitrogen and oxygen atoms in total. The summed E-state index contributed by atoms with van der Waals surface area (Å²) < 4.78 is 0. The lowest BCUT2D eigenvalue weighted by molar-refractivity contribution is -0.120. The van der Waals surface area contributed by atoms with Crippen LogP contribution in [0.2, 0.25) is 0 Å². The number of benzene rings is 6. The van der Waals surface area contributed by atoms with Crippen LogP contribution >= 0.6 is 0 Å². The number of phenolic OH excluding ortho intramolecular Hbond substituents is 4. The molecule has 0 aliphatic carbocycles. The SMILES string of the molecule is O=C(C(c1ccccc1O)c1ccccc1-c1ccccc1O)C(c1ccccc1O)c1ccccc1-c1ccccc1O. The maximum absolute atomic E-state index is 15.3. The Kier molecular flexibility index (Phi) is 7.85. The highest BCUT2D eigenvalue weighted by molar-refractivity contribution is 6.01. The summed E-state index contributed by atoms with van der Waals surface area (Å²) in [5, 5.41) is 44.0. The topological polar surface area (TPSA) is 98.0 Å². The number of carbonyl (C=O) groups excluding carboxylic acids is 1. The molecule has 0 bridgehead atoms.